The number of benzene rings is 1. The Morgan fingerprint density at radius 1 is 1.42 bits per heavy atom. The van der Waals surface area contributed by atoms with Gasteiger partial charge in [-0.3, -0.25) is 9.59 Å². The van der Waals surface area contributed by atoms with E-state index in [-0.39, 0.29) is 31.0 Å². The summed E-state index contributed by atoms with van der Waals surface area (Å²) in [5.41, 5.74) is 1.48. The van der Waals surface area contributed by atoms with Crippen LogP contribution >= 0.6 is 0 Å². The summed E-state index contributed by atoms with van der Waals surface area (Å²) in [6.07, 6.45) is -0.282. The zero-order chi connectivity index (χ0) is 17.7. The Balaban J connectivity index is 1.95. The molecule has 0 spiro atoms. The largest absolute Gasteiger partial charge is 0.389 e. The SMILES string of the molecule is COCC(=O)N1CC[C@@H](NC(=O)c2cccc(N(C)C)c2)[C@H](O)C1. The second kappa shape index (κ2) is 8.12. The molecular formula is C17H25N3O4. The average molecular weight is 335 g/mol. The van der Waals surface area contributed by atoms with E-state index in [0.717, 1.165) is 5.69 Å². The minimum atomic E-state index is -0.791. The number of hydrogen-bond acceptors (Lipinski definition) is 5. The topological polar surface area (TPSA) is 82.1 Å². The molecule has 2 atom stereocenters. The lowest BCUT2D eigenvalue weighted by Crippen LogP contribution is -2.55. The number of aliphatic hydroxyl groups is 1. The molecule has 2 N–H and O–H groups in total. The van der Waals surface area contributed by atoms with E-state index in [4.69, 9.17) is 4.74 Å². The number of nitrogens with zero attached hydrogens (tertiary/aromatic N) is 2. The number of rotatable bonds is 5. The predicted octanol–water partition coefficient (Wildman–Crippen LogP) is 0.0906. The fourth-order valence-corrected chi connectivity index (χ4v) is 2.72. The van der Waals surface area contributed by atoms with Crippen molar-refractivity contribution in [2.24, 2.45) is 0 Å². The van der Waals surface area contributed by atoms with E-state index in [1.807, 2.05) is 31.1 Å². The monoisotopic (exact) mass is 335 g/mol. The van der Waals surface area contributed by atoms with Crippen molar-refractivity contribution in [3.63, 3.8) is 0 Å². The molecule has 24 heavy (non-hydrogen) atoms. The molecule has 0 saturated carbocycles. The molecule has 0 unspecified atom stereocenters. The van der Waals surface area contributed by atoms with Crippen LogP contribution in [0.25, 0.3) is 0 Å². The Bertz CT molecular complexity index is 591. The normalized spacial score (nSPS) is 20.6. The lowest BCUT2D eigenvalue weighted by molar-refractivity contribution is -0.138. The molecule has 1 fully saturated rings. The highest BCUT2D eigenvalue weighted by Crippen LogP contribution is 2.16. The molecule has 0 aliphatic carbocycles. The highest BCUT2D eigenvalue weighted by molar-refractivity contribution is 5.95. The highest BCUT2D eigenvalue weighted by Gasteiger charge is 2.31. The lowest BCUT2D eigenvalue weighted by Gasteiger charge is -2.36. The fourth-order valence-electron chi connectivity index (χ4n) is 2.72. The number of β-amino-alcohol motifs (C(OH)–C–C–N with tert-alkyl or cyclic N) is 1. The summed E-state index contributed by atoms with van der Waals surface area (Å²) in [6, 6.07) is 6.93. The maximum Gasteiger partial charge on any atom is 0.251 e. The number of aliphatic hydroxyl groups excluding tert-OH is 1. The molecule has 1 heterocycles. The van der Waals surface area contributed by atoms with Crippen molar-refractivity contribution in [2.75, 3.05) is 45.8 Å². The van der Waals surface area contributed by atoms with E-state index >= 15 is 0 Å². The van der Waals surface area contributed by atoms with Gasteiger partial charge in [-0.05, 0) is 24.6 Å². The van der Waals surface area contributed by atoms with Gasteiger partial charge in [0, 0.05) is 45.5 Å². The summed E-state index contributed by atoms with van der Waals surface area (Å²) < 4.78 is 4.83. The van der Waals surface area contributed by atoms with Gasteiger partial charge < -0.3 is 25.0 Å². The maximum absolute atomic E-state index is 12.4. The molecule has 1 aliphatic heterocycles. The maximum atomic E-state index is 12.4. The van der Waals surface area contributed by atoms with Gasteiger partial charge in [0.2, 0.25) is 5.91 Å². The van der Waals surface area contributed by atoms with Crippen LogP contribution in [0.1, 0.15) is 16.8 Å². The summed E-state index contributed by atoms with van der Waals surface area (Å²) in [5, 5.41) is 13.1. The van der Waals surface area contributed by atoms with Crippen molar-refractivity contribution in [3.8, 4) is 0 Å². The van der Waals surface area contributed by atoms with E-state index in [1.54, 1.807) is 17.0 Å². The molecule has 2 amide bonds. The first kappa shape index (κ1) is 18.2. The lowest BCUT2D eigenvalue weighted by atomic mass is 10.0. The zero-order valence-corrected chi connectivity index (χ0v) is 14.4. The molecule has 1 aromatic rings. The molecule has 2 rings (SSSR count). The van der Waals surface area contributed by atoms with Crippen molar-refractivity contribution in [1.29, 1.82) is 0 Å². The third kappa shape index (κ3) is 4.46. The van der Waals surface area contributed by atoms with Crippen LogP contribution in [0.2, 0.25) is 0 Å². The summed E-state index contributed by atoms with van der Waals surface area (Å²) in [7, 11) is 5.28. The van der Waals surface area contributed by atoms with Crippen LogP contribution in [-0.4, -0.2) is 74.9 Å². The van der Waals surface area contributed by atoms with Crippen LogP contribution in [0.15, 0.2) is 24.3 Å². The first-order chi connectivity index (χ1) is 11.4. The van der Waals surface area contributed by atoms with Gasteiger partial charge in [0.15, 0.2) is 0 Å². The van der Waals surface area contributed by atoms with Gasteiger partial charge in [-0.25, -0.2) is 0 Å². The number of ether oxygens (including phenoxy) is 1. The number of methoxy groups -OCH3 is 1. The Morgan fingerprint density at radius 3 is 2.79 bits per heavy atom. The molecule has 7 nitrogen and oxygen atoms in total. The zero-order valence-electron chi connectivity index (χ0n) is 14.4. The van der Waals surface area contributed by atoms with Crippen LogP contribution in [0.5, 0.6) is 0 Å². The van der Waals surface area contributed by atoms with Crippen molar-refractivity contribution in [1.82, 2.24) is 10.2 Å². The predicted molar refractivity (Wildman–Crippen MR) is 91.1 cm³/mol. The van der Waals surface area contributed by atoms with E-state index in [0.29, 0.717) is 18.5 Å². The van der Waals surface area contributed by atoms with E-state index in [1.165, 1.54) is 7.11 Å². The number of hydrogen-bond donors (Lipinski definition) is 2. The Hall–Kier alpha value is -2.12. The van der Waals surface area contributed by atoms with Crippen LogP contribution in [-0.2, 0) is 9.53 Å². The van der Waals surface area contributed by atoms with Gasteiger partial charge in [-0.15, -0.1) is 0 Å². The number of amides is 2. The molecule has 0 radical (unpaired) electrons. The number of carbonyl (C=O) groups is 2. The van der Waals surface area contributed by atoms with E-state index in [9.17, 15) is 14.7 Å². The quantitative estimate of drug-likeness (QED) is 0.797. The van der Waals surface area contributed by atoms with Crippen molar-refractivity contribution < 1.29 is 19.4 Å². The van der Waals surface area contributed by atoms with Gasteiger partial charge in [0.05, 0.1) is 12.1 Å². The molecule has 1 aromatic carbocycles. The van der Waals surface area contributed by atoms with Crippen molar-refractivity contribution in [3.05, 3.63) is 29.8 Å². The summed E-state index contributed by atoms with van der Waals surface area (Å²) in [5.74, 6) is -0.376. The Labute approximate surface area is 142 Å². The molecule has 7 heteroatoms. The molecule has 1 aliphatic rings. The number of piperidine rings is 1. The number of anilines is 1. The van der Waals surface area contributed by atoms with Crippen molar-refractivity contribution in [2.45, 2.75) is 18.6 Å². The first-order valence-electron chi connectivity index (χ1n) is 7.95. The standard InChI is InChI=1S/C17H25N3O4/c1-19(2)13-6-4-5-12(9-13)17(23)18-14-7-8-20(10-15(14)21)16(22)11-24-3/h4-6,9,14-15,21H,7-8,10-11H2,1-3H3,(H,18,23)/t14-,15-/m1/s1. The fraction of sp³-hybridized carbons (Fsp3) is 0.529. The van der Waals surface area contributed by atoms with Crippen LogP contribution < -0.4 is 10.2 Å². The number of carbonyl (C=O) groups excluding carboxylic acids is 2. The van der Waals surface area contributed by atoms with Crippen LogP contribution in [0.3, 0.4) is 0 Å². The second-order valence-electron chi connectivity index (χ2n) is 6.15. The summed E-state index contributed by atoms with van der Waals surface area (Å²) in [6.45, 7) is 0.688. The van der Waals surface area contributed by atoms with Crippen LogP contribution in [0, 0.1) is 0 Å². The van der Waals surface area contributed by atoms with Crippen molar-refractivity contribution >= 4 is 17.5 Å². The Kier molecular flexibility index (Phi) is 6.16. The number of likely N-dealkylation sites (tertiary alicyclic amines) is 1. The van der Waals surface area contributed by atoms with Gasteiger partial charge in [-0.1, -0.05) is 6.07 Å². The van der Waals surface area contributed by atoms with Gasteiger partial charge in [0.1, 0.15) is 6.61 Å². The first-order valence-corrected chi connectivity index (χ1v) is 7.95. The average Bonchev–Trinajstić information content (AvgIpc) is 2.56. The summed E-state index contributed by atoms with van der Waals surface area (Å²) in [4.78, 5) is 27.7. The smallest absolute Gasteiger partial charge is 0.251 e. The molecular weight excluding hydrogens is 310 g/mol. The third-order valence-corrected chi connectivity index (χ3v) is 4.14. The molecule has 0 aromatic heterocycles. The second-order valence-corrected chi connectivity index (χ2v) is 6.15. The molecule has 1 saturated heterocycles. The van der Waals surface area contributed by atoms with E-state index in [2.05, 4.69) is 5.32 Å². The third-order valence-electron chi connectivity index (χ3n) is 4.14. The molecule has 0 bridgehead atoms. The molecule has 132 valence electrons. The summed E-state index contributed by atoms with van der Waals surface area (Å²) >= 11 is 0. The van der Waals surface area contributed by atoms with Gasteiger partial charge in [0.25, 0.3) is 5.91 Å². The minimum absolute atomic E-state index is 0.00106. The highest BCUT2D eigenvalue weighted by atomic mass is 16.5. The minimum Gasteiger partial charge on any atom is -0.389 e. The van der Waals surface area contributed by atoms with E-state index < -0.39 is 6.10 Å². The Morgan fingerprint density at radius 2 is 2.17 bits per heavy atom. The van der Waals surface area contributed by atoms with Gasteiger partial charge in [-0.2, -0.15) is 0 Å². The van der Waals surface area contributed by atoms with Crippen LogP contribution in [0.4, 0.5) is 5.69 Å². The van der Waals surface area contributed by atoms with Gasteiger partial charge >= 0.3 is 0 Å². The number of nitrogens with one attached hydrogen (secondary N) is 1.